The lowest BCUT2D eigenvalue weighted by molar-refractivity contribution is -0.384. The number of rotatable bonds is 4. The Morgan fingerprint density at radius 1 is 1.43 bits per heavy atom. The zero-order chi connectivity index (χ0) is 16.6. The molecule has 1 aromatic heterocycles. The number of nitro groups is 1. The van der Waals surface area contributed by atoms with E-state index < -0.39 is 16.9 Å². The number of benzene rings is 1. The molecule has 1 aliphatic heterocycles. The van der Waals surface area contributed by atoms with Gasteiger partial charge in [0.05, 0.1) is 23.6 Å². The molecule has 2 N–H and O–H groups in total. The van der Waals surface area contributed by atoms with Gasteiger partial charge >= 0.3 is 5.97 Å². The van der Waals surface area contributed by atoms with E-state index in [0.717, 1.165) is 0 Å². The summed E-state index contributed by atoms with van der Waals surface area (Å²) in [7, 11) is 0. The van der Waals surface area contributed by atoms with Crippen LogP contribution in [0.3, 0.4) is 0 Å². The SMILES string of the molecule is O=C(O)CC1CNC(=O)c2cnc(-c3ccc([N+](=O)[O-])cc3)n21. The van der Waals surface area contributed by atoms with Crippen LogP contribution in [0, 0.1) is 10.1 Å². The molecule has 0 bridgehead atoms. The molecule has 9 nitrogen and oxygen atoms in total. The summed E-state index contributed by atoms with van der Waals surface area (Å²) in [5.41, 5.74) is 0.793. The third kappa shape index (κ3) is 2.63. The molecule has 1 unspecified atom stereocenters. The molecule has 0 saturated heterocycles. The Morgan fingerprint density at radius 2 is 2.13 bits per heavy atom. The first-order valence-electron chi connectivity index (χ1n) is 6.79. The molecule has 23 heavy (non-hydrogen) atoms. The first-order chi connectivity index (χ1) is 11.0. The molecule has 0 saturated carbocycles. The predicted octanol–water partition coefficient (Wildman–Crippen LogP) is 1.22. The summed E-state index contributed by atoms with van der Waals surface area (Å²) in [6.07, 6.45) is 1.21. The van der Waals surface area contributed by atoms with Gasteiger partial charge in [-0.05, 0) is 12.1 Å². The number of fused-ring (bicyclic) bond motifs is 1. The Balaban J connectivity index is 2.05. The number of imidazole rings is 1. The van der Waals surface area contributed by atoms with E-state index in [1.165, 1.54) is 30.5 Å². The van der Waals surface area contributed by atoms with E-state index in [4.69, 9.17) is 5.11 Å². The number of non-ortho nitro benzene ring substituents is 1. The Hall–Kier alpha value is -3.23. The highest BCUT2D eigenvalue weighted by molar-refractivity contribution is 5.94. The molecular formula is C14H12N4O5. The molecule has 0 aliphatic carbocycles. The van der Waals surface area contributed by atoms with Crippen LogP contribution in [0.4, 0.5) is 5.69 Å². The Bertz CT molecular complexity index is 796. The number of carboxylic acid groups (broad SMARTS) is 1. The molecule has 118 valence electrons. The van der Waals surface area contributed by atoms with Crippen molar-refractivity contribution in [1.82, 2.24) is 14.9 Å². The van der Waals surface area contributed by atoms with Crippen LogP contribution in [0.25, 0.3) is 11.4 Å². The topological polar surface area (TPSA) is 127 Å². The predicted molar refractivity (Wildman–Crippen MR) is 77.9 cm³/mol. The van der Waals surface area contributed by atoms with Gasteiger partial charge in [-0.25, -0.2) is 4.98 Å². The molecule has 0 fully saturated rings. The van der Waals surface area contributed by atoms with Crippen molar-refractivity contribution in [3.63, 3.8) is 0 Å². The van der Waals surface area contributed by atoms with Crippen LogP contribution in [0.2, 0.25) is 0 Å². The number of carbonyl (C=O) groups is 2. The number of nitrogens with one attached hydrogen (secondary N) is 1. The van der Waals surface area contributed by atoms with Gasteiger partial charge in [0, 0.05) is 24.2 Å². The van der Waals surface area contributed by atoms with Crippen LogP contribution in [0.5, 0.6) is 0 Å². The summed E-state index contributed by atoms with van der Waals surface area (Å²) in [4.78, 5) is 37.3. The normalized spacial score (nSPS) is 16.5. The van der Waals surface area contributed by atoms with Crippen LogP contribution in [-0.4, -0.2) is 38.0 Å². The number of amides is 1. The minimum Gasteiger partial charge on any atom is -0.481 e. The second-order valence-electron chi connectivity index (χ2n) is 5.10. The monoisotopic (exact) mass is 316 g/mol. The number of carbonyl (C=O) groups excluding carboxylic acids is 1. The number of nitro benzene ring substituents is 1. The summed E-state index contributed by atoms with van der Waals surface area (Å²) in [6, 6.07) is 5.27. The molecule has 1 aliphatic rings. The van der Waals surface area contributed by atoms with Crippen molar-refractivity contribution in [3.05, 3.63) is 46.3 Å². The molecular weight excluding hydrogens is 304 g/mol. The van der Waals surface area contributed by atoms with E-state index in [-0.39, 0.29) is 30.3 Å². The molecule has 2 aromatic rings. The number of hydrogen-bond donors (Lipinski definition) is 2. The zero-order valence-corrected chi connectivity index (χ0v) is 11.8. The van der Waals surface area contributed by atoms with E-state index >= 15 is 0 Å². The average molecular weight is 316 g/mol. The summed E-state index contributed by atoms with van der Waals surface area (Å²) in [6.45, 7) is 0.189. The standard InChI is InChI=1S/C14H12N4O5/c19-12(20)5-10-6-16-14(21)11-7-15-13(17(10)11)8-1-3-9(4-2-8)18(22)23/h1-4,7,10H,5-6H2,(H,16,21)(H,19,20). The van der Waals surface area contributed by atoms with Crippen molar-refractivity contribution in [2.45, 2.75) is 12.5 Å². The highest BCUT2D eigenvalue weighted by atomic mass is 16.6. The molecule has 0 radical (unpaired) electrons. The molecule has 9 heteroatoms. The lowest BCUT2D eigenvalue weighted by atomic mass is 10.1. The summed E-state index contributed by atoms with van der Waals surface area (Å²) in [5.74, 6) is -0.899. The van der Waals surface area contributed by atoms with E-state index in [0.29, 0.717) is 11.4 Å². The van der Waals surface area contributed by atoms with Crippen LogP contribution in [0.15, 0.2) is 30.5 Å². The minimum atomic E-state index is -0.986. The smallest absolute Gasteiger partial charge is 0.305 e. The highest BCUT2D eigenvalue weighted by Gasteiger charge is 2.30. The third-order valence-electron chi connectivity index (χ3n) is 3.64. The third-order valence-corrected chi connectivity index (χ3v) is 3.64. The van der Waals surface area contributed by atoms with Gasteiger partial charge in [0.2, 0.25) is 0 Å². The van der Waals surface area contributed by atoms with Crippen molar-refractivity contribution < 1.29 is 19.6 Å². The molecule has 1 aromatic carbocycles. The van der Waals surface area contributed by atoms with Crippen LogP contribution in [0.1, 0.15) is 23.0 Å². The molecule has 3 rings (SSSR count). The van der Waals surface area contributed by atoms with E-state index in [2.05, 4.69) is 10.3 Å². The van der Waals surface area contributed by atoms with E-state index in [1.807, 2.05) is 0 Å². The van der Waals surface area contributed by atoms with Gasteiger partial charge in [-0.1, -0.05) is 0 Å². The van der Waals surface area contributed by atoms with Gasteiger partial charge < -0.3 is 15.0 Å². The molecule has 2 heterocycles. The number of nitrogens with zero attached hydrogens (tertiary/aromatic N) is 3. The number of aromatic nitrogens is 2. The van der Waals surface area contributed by atoms with E-state index in [9.17, 15) is 19.7 Å². The Labute approximate surface area is 129 Å². The van der Waals surface area contributed by atoms with Gasteiger partial charge in [0.1, 0.15) is 11.5 Å². The lowest BCUT2D eigenvalue weighted by Crippen LogP contribution is -2.39. The van der Waals surface area contributed by atoms with E-state index in [1.54, 1.807) is 4.57 Å². The fourth-order valence-corrected chi connectivity index (χ4v) is 2.60. The maximum atomic E-state index is 11.9. The maximum absolute atomic E-state index is 11.9. The Kier molecular flexibility index (Phi) is 3.53. The van der Waals surface area contributed by atoms with Crippen molar-refractivity contribution >= 4 is 17.6 Å². The van der Waals surface area contributed by atoms with Crippen molar-refractivity contribution in [2.75, 3.05) is 6.54 Å². The Morgan fingerprint density at radius 3 is 2.74 bits per heavy atom. The lowest BCUT2D eigenvalue weighted by Gasteiger charge is -2.26. The summed E-state index contributed by atoms with van der Waals surface area (Å²) in [5, 5.41) is 22.4. The second-order valence-corrected chi connectivity index (χ2v) is 5.10. The number of carboxylic acids is 1. The van der Waals surface area contributed by atoms with Crippen molar-refractivity contribution in [3.8, 4) is 11.4 Å². The van der Waals surface area contributed by atoms with Gasteiger partial charge in [-0.15, -0.1) is 0 Å². The zero-order valence-electron chi connectivity index (χ0n) is 11.8. The number of aliphatic carboxylic acids is 1. The van der Waals surface area contributed by atoms with Crippen molar-refractivity contribution in [1.29, 1.82) is 0 Å². The summed E-state index contributed by atoms with van der Waals surface area (Å²) < 4.78 is 1.58. The molecule has 1 atom stereocenters. The van der Waals surface area contributed by atoms with Gasteiger partial charge in [-0.3, -0.25) is 19.7 Å². The molecule has 0 spiro atoms. The van der Waals surface area contributed by atoms with Gasteiger partial charge in [0.15, 0.2) is 0 Å². The largest absolute Gasteiger partial charge is 0.481 e. The first kappa shape index (κ1) is 14.7. The van der Waals surface area contributed by atoms with Crippen LogP contribution in [-0.2, 0) is 4.79 Å². The van der Waals surface area contributed by atoms with Crippen LogP contribution < -0.4 is 5.32 Å². The highest BCUT2D eigenvalue weighted by Crippen LogP contribution is 2.29. The van der Waals surface area contributed by atoms with Gasteiger partial charge in [-0.2, -0.15) is 0 Å². The van der Waals surface area contributed by atoms with Crippen molar-refractivity contribution in [2.24, 2.45) is 0 Å². The second kappa shape index (κ2) is 5.52. The quantitative estimate of drug-likeness (QED) is 0.644. The summed E-state index contributed by atoms with van der Waals surface area (Å²) >= 11 is 0. The van der Waals surface area contributed by atoms with Gasteiger partial charge in [0.25, 0.3) is 11.6 Å². The first-order valence-corrected chi connectivity index (χ1v) is 6.79. The fourth-order valence-electron chi connectivity index (χ4n) is 2.60. The van der Waals surface area contributed by atoms with Crippen LogP contribution >= 0.6 is 0 Å². The minimum absolute atomic E-state index is 0.0565. The maximum Gasteiger partial charge on any atom is 0.305 e. The average Bonchev–Trinajstić information content (AvgIpc) is 2.96. The fraction of sp³-hybridized carbons (Fsp3) is 0.214. The number of hydrogen-bond acceptors (Lipinski definition) is 5. The molecule has 1 amide bonds.